The van der Waals surface area contributed by atoms with Crippen LogP contribution in [0.2, 0.25) is 0 Å². The van der Waals surface area contributed by atoms with Crippen LogP contribution in [0.15, 0.2) is 24.3 Å². The Bertz CT molecular complexity index is 473. The number of nitrogens with zero attached hydrogens (tertiary/aromatic N) is 1. The molecule has 0 saturated heterocycles. The average Bonchev–Trinajstić information content (AvgIpc) is 2.37. The molecule has 0 aromatic heterocycles. The zero-order valence-corrected chi connectivity index (χ0v) is 14.7. The van der Waals surface area contributed by atoms with E-state index in [1.165, 1.54) is 5.56 Å². The van der Waals surface area contributed by atoms with Gasteiger partial charge in [0.25, 0.3) is 0 Å². The molecular weight excluding hydrogens is 258 g/mol. The normalized spacial score (nSPS) is 14.6. The SMILES string of the molecule is CCCC(C)N(C(=O)C(C)C(C)(C)C)c1cccc(C)c1. The lowest BCUT2D eigenvalue weighted by molar-refractivity contribution is -0.125. The predicted molar refractivity (Wildman–Crippen MR) is 91.7 cm³/mol. The minimum Gasteiger partial charge on any atom is -0.309 e. The molecule has 1 amide bonds. The fourth-order valence-corrected chi connectivity index (χ4v) is 2.50. The van der Waals surface area contributed by atoms with Crippen molar-refractivity contribution in [2.75, 3.05) is 4.90 Å². The summed E-state index contributed by atoms with van der Waals surface area (Å²) in [7, 11) is 0. The summed E-state index contributed by atoms with van der Waals surface area (Å²) in [6, 6.07) is 8.50. The highest BCUT2D eigenvalue weighted by atomic mass is 16.2. The van der Waals surface area contributed by atoms with E-state index in [2.05, 4.69) is 53.7 Å². The Morgan fingerprint density at radius 3 is 2.33 bits per heavy atom. The molecule has 0 aliphatic carbocycles. The van der Waals surface area contributed by atoms with Crippen molar-refractivity contribution in [1.82, 2.24) is 0 Å². The van der Waals surface area contributed by atoms with Gasteiger partial charge in [0.1, 0.15) is 0 Å². The maximum Gasteiger partial charge on any atom is 0.230 e. The van der Waals surface area contributed by atoms with Crippen LogP contribution in [0.1, 0.15) is 59.9 Å². The molecule has 0 aliphatic heterocycles. The lowest BCUT2D eigenvalue weighted by Crippen LogP contribution is -2.45. The molecule has 1 aromatic carbocycles. The fraction of sp³-hybridized carbons (Fsp3) is 0.632. The van der Waals surface area contributed by atoms with Gasteiger partial charge in [-0.1, -0.05) is 53.2 Å². The first-order valence-corrected chi connectivity index (χ1v) is 8.08. The molecule has 1 rings (SSSR count). The second kappa shape index (κ2) is 7.11. The van der Waals surface area contributed by atoms with Gasteiger partial charge in [-0.05, 0) is 43.4 Å². The summed E-state index contributed by atoms with van der Waals surface area (Å²) in [5.41, 5.74) is 2.19. The number of carbonyl (C=O) groups excluding carboxylic acids is 1. The molecule has 0 spiro atoms. The van der Waals surface area contributed by atoms with Gasteiger partial charge in [0.2, 0.25) is 5.91 Å². The van der Waals surface area contributed by atoms with Gasteiger partial charge in [0, 0.05) is 17.6 Å². The Hall–Kier alpha value is -1.31. The molecule has 2 unspecified atom stereocenters. The molecule has 0 heterocycles. The highest BCUT2D eigenvalue weighted by Crippen LogP contribution is 2.31. The van der Waals surface area contributed by atoms with Crippen LogP contribution < -0.4 is 4.90 Å². The van der Waals surface area contributed by atoms with Crippen molar-refractivity contribution in [3.05, 3.63) is 29.8 Å². The van der Waals surface area contributed by atoms with Gasteiger partial charge in [-0.15, -0.1) is 0 Å². The van der Waals surface area contributed by atoms with E-state index < -0.39 is 0 Å². The highest BCUT2D eigenvalue weighted by Gasteiger charge is 2.33. The Morgan fingerprint density at radius 1 is 1.24 bits per heavy atom. The minimum absolute atomic E-state index is 0.00248. The van der Waals surface area contributed by atoms with Crippen LogP contribution in [-0.2, 0) is 4.79 Å². The number of anilines is 1. The third-order valence-corrected chi connectivity index (χ3v) is 4.33. The van der Waals surface area contributed by atoms with Gasteiger partial charge >= 0.3 is 0 Å². The van der Waals surface area contributed by atoms with Gasteiger partial charge in [-0.3, -0.25) is 4.79 Å². The number of hydrogen-bond acceptors (Lipinski definition) is 1. The average molecular weight is 289 g/mol. The molecule has 0 bridgehead atoms. The summed E-state index contributed by atoms with van der Waals surface area (Å²) in [5, 5.41) is 0. The molecule has 2 heteroatoms. The van der Waals surface area contributed by atoms with Gasteiger partial charge in [0.15, 0.2) is 0 Å². The van der Waals surface area contributed by atoms with Crippen molar-refractivity contribution < 1.29 is 4.79 Å². The van der Waals surface area contributed by atoms with Crippen molar-refractivity contribution >= 4 is 11.6 Å². The third-order valence-electron chi connectivity index (χ3n) is 4.33. The lowest BCUT2D eigenvalue weighted by Gasteiger charge is -2.36. The van der Waals surface area contributed by atoms with E-state index >= 15 is 0 Å². The molecule has 0 saturated carbocycles. The van der Waals surface area contributed by atoms with Crippen LogP contribution >= 0.6 is 0 Å². The van der Waals surface area contributed by atoms with Crippen LogP contribution in [0, 0.1) is 18.3 Å². The van der Waals surface area contributed by atoms with Gasteiger partial charge in [-0.25, -0.2) is 0 Å². The first kappa shape index (κ1) is 17.7. The Labute approximate surface area is 130 Å². The topological polar surface area (TPSA) is 20.3 Å². The first-order chi connectivity index (χ1) is 9.68. The third kappa shape index (κ3) is 4.59. The molecule has 0 N–H and O–H groups in total. The summed E-state index contributed by atoms with van der Waals surface area (Å²) in [4.78, 5) is 15.1. The zero-order valence-electron chi connectivity index (χ0n) is 14.7. The molecular formula is C19H31NO. The van der Waals surface area contributed by atoms with Crippen LogP contribution in [0.3, 0.4) is 0 Å². The van der Waals surface area contributed by atoms with Crippen molar-refractivity contribution in [1.29, 1.82) is 0 Å². The molecule has 0 radical (unpaired) electrons. The van der Waals surface area contributed by atoms with E-state index in [-0.39, 0.29) is 23.3 Å². The van der Waals surface area contributed by atoms with Crippen LogP contribution in [0.5, 0.6) is 0 Å². The number of carbonyl (C=O) groups is 1. The van der Waals surface area contributed by atoms with Crippen molar-refractivity contribution in [3.63, 3.8) is 0 Å². The summed E-state index contributed by atoms with van der Waals surface area (Å²) in [6.07, 6.45) is 2.11. The minimum atomic E-state index is -0.0227. The Balaban J connectivity index is 3.17. The number of hydrogen-bond donors (Lipinski definition) is 0. The smallest absolute Gasteiger partial charge is 0.230 e. The number of rotatable bonds is 5. The second-order valence-electron chi connectivity index (χ2n) is 7.27. The molecule has 118 valence electrons. The molecule has 21 heavy (non-hydrogen) atoms. The van der Waals surface area contributed by atoms with Crippen LogP contribution in [0.4, 0.5) is 5.69 Å². The fourth-order valence-electron chi connectivity index (χ4n) is 2.50. The zero-order chi connectivity index (χ0) is 16.2. The van der Waals surface area contributed by atoms with Crippen LogP contribution in [-0.4, -0.2) is 11.9 Å². The molecule has 2 atom stereocenters. The number of amides is 1. The lowest BCUT2D eigenvalue weighted by atomic mass is 9.81. The molecule has 0 aliphatic rings. The van der Waals surface area contributed by atoms with Gasteiger partial charge in [-0.2, -0.15) is 0 Å². The van der Waals surface area contributed by atoms with E-state index in [0.29, 0.717) is 0 Å². The van der Waals surface area contributed by atoms with E-state index in [9.17, 15) is 4.79 Å². The summed E-state index contributed by atoms with van der Waals surface area (Å²) in [6.45, 7) is 14.8. The van der Waals surface area contributed by atoms with Gasteiger partial charge in [0.05, 0.1) is 0 Å². The Kier molecular flexibility index (Phi) is 6.00. The predicted octanol–water partition coefficient (Wildman–Crippen LogP) is 5.20. The molecule has 0 fully saturated rings. The highest BCUT2D eigenvalue weighted by molar-refractivity contribution is 5.95. The molecule has 1 aromatic rings. The van der Waals surface area contributed by atoms with Crippen molar-refractivity contribution in [2.45, 2.75) is 67.3 Å². The number of aryl methyl sites for hydroxylation is 1. The first-order valence-electron chi connectivity index (χ1n) is 8.08. The summed E-state index contributed by atoms with van der Waals surface area (Å²) < 4.78 is 0. The quantitative estimate of drug-likeness (QED) is 0.729. The molecule has 2 nitrogen and oxygen atoms in total. The number of benzene rings is 1. The van der Waals surface area contributed by atoms with E-state index in [0.717, 1.165) is 18.5 Å². The standard InChI is InChI=1S/C19H31NO/c1-8-10-15(3)20(17-12-9-11-14(2)13-17)18(21)16(4)19(5,6)7/h9,11-13,15-16H,8,10H2,1-7H3. The van der Waals surface area contributed by atoms with Gasteiger partial charge < -0.3 is 4.90 Å². The Morgan fingerprint density at radius 2 is 1.86 bits per heavy atom. The monoisotopic (exact) mass is 289 g/mol. The van der Waals surface area contributed by atoms with Crippen molar-refractivity contribution in [3.8, 4) is 0 Å². The maximum absolute atomic E-state index is 13.0. The van der Waals surface area contributed by atoms with Crippen molar-refractivity contribution in [2.24, 2.45) is 11.3 Å². The van der Waals surface area contributed by atoms with E-state index in [1.54, 1.807) is 0 Å². The van der Waals surface area contributed by atoms with E-state index in [4.69, 9.17) is 0 Å². The second-order valence-corrected chi connectivity index (χ2v) is 7.27. The summed E-state index contributed by atoms with van der Waals surface area (Å²) >= 11 is 0. The van der Waals surface area contributed by atoms with E-state index in [1.807, 2.05) is 24.0 Å². The maximum atomic E-state index is 13.0. The summed E-state index contributed by atoms with van der Waals surface area (Å²) in [5.74, 6) is 0.228. The largest absolute Gasteiger partial charge is 0.309 e. The van der Waals surface area contributed by atoms with Crippen LogP contribution in [0.25, 0.3) is 0 Å².